The van der Waals surface area contributed by atoms with Gasteiger partial charge in [-0.2, -0.15) is 0 Å². The fraction of sp³-hybridized carbons (Fsp3) is 0.212. The summed E-state index contributed by atoms with van der Waals surface area (Å²) in [6.07, 6.45) is 1.75. The summed E-state index contributed by atoms with van der Waals surface area (Å²) >= 11 is 1.21. The third-order valence-electron chi connectivity index (χ3n) is 7.39. The Hall–Kier alpha value is -4.87. The molecule has 3 heterocycles. The molecule has 0 bridgehead atoms. The molecular weight excluding hydrogens is 583 g/mol. The highest BCUT2D eigenvalue weighted by atomic mass is 32.1. The minimum Gasteiger partial charge on any atom is -0.484 e. The zero-order valence-corrected chi connectivity index (χ0v) is 24.7. The molecule has 1 atom stereocenters. The maximum atomic E-state index is 13.9. The molecule has 9 nitrogen and oxygen atoms in total. The van der Waals surface area contributed by atoms with E-state index in [1.165, 1.54) is 28.0 Å². The number of amides is 2. The normalized spacial score (nSPS) is 16.7. The van der Waals surface area contributed by atoms with Crippen LogP contribution in [0.2, 0.25) is 0 Å². The standard InChI is InChI=1S/C33H29FN4O5S/c1-21-29(31(40)36-25-5-3-2-4-6-25)30(23-9-11-24(34)12-10-23)38-32(41)27(44-33(38)35-21)19-22-7-13-26(14-8-22)43-20-28(39)37-15-17-42-18-16-37/h2-14,19,30H,15-18,20H2,1H3,(H,36,40)/b27-19+/t30-/m1/s1. The maximum Gasteiger partial charge on any atom is 0.271 e. The number of ether oxygens (including phenoxy) is 2. The molecule has 224 valence electrons. The van der Waals surface area contributed by atoms with Gasteiger partial charge in [0.05, 0.1) is 35.1 Å². The van der Waals surface area contributed by atoms with Crippen LogP contribution in [0.15, 0.2) is 99.9 Å². The van der Waals surface area contributed by atoms with Crippen molar-refractivity contribution in [1.82, 2.24) is 9.47 Å². The lowest BCUT2D eigenvalue weighted by Crippen LogP contribution is -2.42. The molecule has 0 saturated carbocycles. The highest BCUT2D eigenvalue weighted by Crippen LogP contribution is 2.31. The molecule has 4 aromatic rings. The van der Waals surface area contributed by atoms with Gasteiger partial charge >= 0.3 is 0 Å². The molecule has 1 aromatic heterocycles. The van der Waals surface area contributed by atoms with Gasteiger partial charge in [0.1, 0.15) is 11.6 Å². The van der Waals surface area contributed by atoms with Crippen LogP contribution in [0.3, 0.4) is 0 Å². The summed E-state index contributed by atoms with van der Waals surface area (Å²) in [7, 11) is 0. The average Bonchev–Trinajstić information content (AvgIpc) is 3.34. The number of nitrogens with zero attached hydrogens (tertiary/aromatic N) is 3. The summed E-state index contributed by atoms with van der Waals surface area (Å²) in [4.78, 5) is 46.7. The minimum atomic E-state index is -0.808. The minimum absolute atomic E-state index is 0.0686. The lowest BCUT2D eigenvalue weighted by molar-refractivity contribution is -0.137. The molecular formula is C33H29FN4O5S. The van der Waals surface area contributed by atoms with Crippen LogP contribution in [0.4, 0.5) is 10.1 Å². The van der Waals surface area contributed by atoms with Crippen molar-refractivity contribution < 1.29 is 23.5 Å². The van der Waals surface area contributed by atoms with Crippen molar-refractivity contribution in [1.29, 1.82) is 0 Å². The van der Waals surface area contributed by atoms with Crippen LogP contribution in [-0.2, 0) is 14.3 Å². The van der Waals surface area contributed by atoms with Crippen LogP contribution in [0.1, 0.15) is 24.1 Å². The molecule has 0 unspecified atom stereocenters. The van der Waals surface area contributed by atoms with E-state index in [9.17, 15) is 18.8 Å². The van der Waals surface area contributed by atoms with Crippen molar-refractivity contribution in [2.75, 3.05) is 38.2 Å². The maximum absolute atomic E-state index is 13.9. The second kappa shape index (κ2) is 12.8. The van der Waals surface area contributed by atoms with E-state index in [0.29, 0.717) is 63.9 Å². The number of anilines is 1. The lowest BCUT2D eigenvalue weighted by Gasteiger charge is -2.26. The predicted octanol–water partition coefficient (Wildman–Crippen LogP) is 3.25. The van der Waals surface area contributed by atoms with Crippen molar-refractivity contribution in [2.24, 2.45) is 4.99 Å². The van der Waals surface area contributed by atoms with Gasteiger partial charge in [-0.1, -0.05) is 53.8 Å². The quantitative estimate of drug-likeness (QED) is 0.345. The lowest BCUT2D eigenvalue weighted by atomic mass is 9.95. The summed E-state index contributed by atoms with van der Waals surface area (Å²) < 4.78 is 26.8. The Morgan fingerprint density at radius 3 is 2.45 bits per heavy atom. The topological polar surface area (TPSA) is 102 Å². The number of morpholine rings is 1. The molecule has 2 aliphatic rings. The Kier molecular flexibility index (Phi) is 8.49. The first-order chi connectivity index (χ1) is 21.4. The number of allylic oxidation sites excluding steroid dienone is 1. The largest absolute Gasteiger partial charge is 0.484 e. The zero-order valence-electron chi connectivity index (χ0n) is 23.9. The van der Waals surface area contributed by atoms with Gasteiger partial charge in [-0.15, -0.1) is 0 Å². The van der Waals surface area contributed by atoms with E-state index in [0.717, 1.165) is 5.56 Å². The number of rotatable bonds is 7. The van der Waals surface area contributed by atoms with E-state index in [-0.39, 0.29) is 18.1 Å². The Morgan fingerprint density at radius 2 is 1.75 bits per heavy atom. The number of fused-ring (bicyclic) bond motifs is 1. The highest BCUT2D eigenvalue weighted by Gasteiger charge is 2.32. The van der Waals surface area contributed by atoms with Crippen LogP contribution in [0.25, 0.3) is 6.08 Å². The van der Waals surface area contributed by atoms with Gasteiger partial charge in [-0.3, -0.25) is 19.0 Å². The Labute approximate surface area is 256 Å². The summed E-state index contributed by atoms with van der Waals surface area (Å²) in [6.45, 7) is 3.82. The first kappa shape index (κ1) is 29.2. The van der Waals surface area contributed by atoms with Crippen molar-refractivity contribution in [3.05, 3.63) is 127 Å². The highest BCUT2D eigenvalue weighted by molar-refractivity contribution is 7.07. The number of thiazole rings is 1. The number of halogens is 1. The summed E-state index contributed by atoms with van der Waals surface area (Å²) in [5.74, 6) is -0.383. The summed E-state index contributed by atoms with van der Waals surface area (Å²) in [5.41, 5.74) is 2.38. The molecule has 1 N–H and O–H groups in total. The van der Waals surface area contributed by atoms with Gasteiger partial charge in [-0.05, 0) is 60.5 Å². The second-order valence-corrected chi connectivity index (χ2v) is 11.3. The van der Waals surface area contributed by atoms with E-state index in [2.05, 4.69) is 10.3 Å². The van der Waals surface area contributed by atoms with Gasteiger partial charge in [0.25, 0.3) is 17.4 Å². The van der Waals surface area contributed by atoms with Crippen LogP contribution in [-0.4, -0.2) is 54.2 Å². The number of hydrogen-bond acceptors (Lipinski definition) is 7. The van der Waals surface area contributed by atoms with Crippen molar-refractivity contribution >= 4 is 34.9 Å². The third kappa shape index (κ3) is 6.24. The first-order valence-electron chi connectivity index (χ1n) is 14.1. The van der Waals surface area contributed by atoms with E-state index >= 15 is 0 Å². The molecule has 44 heavy (non-hydrogen) atoms. The van der Waals surface area contributed by atoms with Crippen LogP contribution in [0, 0.1) is 5.82 Å². The Bertz CT molecular complexity index is 1890. The fourth-order valence-electron chi connectivity index (χ4n) is 5.15. The van der Waals surface area contributed by atoms with Crippen molar-refractivity contribution in [3.63, 3.8) is 0 Å². The van der Waals surface area contributed by atoms with E-state index < -0.39 is 17.8 Å². The van der Waals surface area contributed by atoms with Crippen LogP contribution in [0.5, 0.6) is 5.75 Å². The first-order valence-corrected chi connectivity index (χ1v) is 14.9. The van der Waals surface area contributed by atoms with Gasteiger partial charge in [0.2, 0.25) is 0 Å². The van der Waals surface area contributed by atoms with Gasteiger partial charge in [0.15, 0.2) is 11.4 Å². The monoisotopic (exact) mass is 612 g/mol. The number of carbonyl (C=O) groups excluding carboxylic acids is 2. The molecule has 11 heteroatoms. The van der Waals surface area contributed by atoms with Crippen LogP contribution < -0.4 is 24.9 Å². The third-order valence-corrected chi connectivity index (χ3v) is 8.37. The smallest absolute Gasteiger partial charge is 0.271 e. The number of hydrogen-bond donors (Lipinski definition) is 1. The predicted molar refractivity (Wildman–Crippen MR) is 165 cm³/mol. The molecule has 3 aromatic carbocycles. The number of carbonyl (C=O) groups is 2. The molecule has 1 fully saturated rings. The number of nitrogens with one attached hydrogen (secondary N) is 1. The van der Waals surface area contributed by atoms with Crippen molar-refractivity contribution in [2.45, 2.75) is 13.0 Å². The Balaban J connectivity index is 1.29. The molecule has 1 saturated heterocycles. The summed E-state index contributed by atoms with van der Waals surface area (Å²) in [5, 5.41) is 2.90. The van der Waals surface area contributed by atoms with Crippen molar-refractivity contribution in [3.8, 4) is 5.75 Å². The average molecular weight is 613 g/mol. The van der Waals surface area contributed by atoms with Gasteiger partial charge < -0.3 is 19.7 Å². The fourth-order valence-corrected chi connectivity index (χ4v) is 6.20. The van der Waals surface area contributed by atoms with Crippen LogP contribution >= 0.6 is 11.3 Å². The van der Waals surface area contributed by atoms with E-state index in [4.69, 9.17) is 9.47 Å². The van der Waals surface area contributed by atoms with E-state index in [1.807, 2.05) is 18.2 Å². The van der Waals surface area contributed by atoms with Gasteiger partial charge in [-0.25, -0.2) is 9.38 Å². The van der Waals surface area contributed by atoms with Gasteiger partial charge in [0, 0.05) is 18.8 Å². The molecule has 2 amide bonds. The number of para-hydroxylation sites is 1. The Morgan fingerprint density at radius 1 is 1.05 bits per heavy atom. The molecule has 6 rings (SSSR count). The van der Waals surface area contributed by atoms with E-state index in [1.54, 1.807) is 66.4 Å². The molecule has 0 spiro atoms. The molecule has 0 aliphatic carbocycles. The summed E-state index contributed by atoms with van der Waals surface area (Å²) in [6, 6.07) is 21.1. The molecule has 0 radical (unpaired) electrons. The zero-order chi connectivity index (χ0) is 30.6. The second-order valence-electron chi connectivity index (χ2n) is 10.3. The SMILES string of the molecule is CC1=C(C(=O)Nc2ccccc2)[C@@H](c2ccc(F)cc2)n2c(s/c(=C/c3ccc(OCC(=O)N4CCOCC4)cc3)c2=O)=N1. The molecule has 2 aliphatic heterocycles. The number of aromatic nitrogens is 1. The number of benzene rings is 3.